The molecule has 1 unspecified atom stereocenters. The monoisotopic (exact) mass is 325 g/mol. The van der Waals surface area contributed by atoms with Crippen LogP contribution in [0.5, 0.6) is 0 Å². The third kappa shape index (κ3) is 4.11. The number of rotatable bonds is 3. The lowest BCUT2D eigenvalue weighted by atomic mass is 9.98. The highest BCUT2D eigenvalue weighted by Gasteiger charge is 2.30. The molecular formula is C16H18F3N3O. The second-order valence-corrected chi connectivity index (χ2v) is 5.54. The summed E-state index contributed by atoms with van der Waals surface area (Å²) in [7, 11) is 0. The maximum atomic E-state index is 12.5. The second-order valence-electron chi connectivity index (χ2n) is 5.54. The summed E-state index contributed by atoms with van der Waals surface area (Å²) >= 11 is 0. The molecule has 2 N–H and O–H groups in total. The Kier molecular flexibility index (Phi) is 4.68. The van der Waals surface area contributed by atoms with Crippen LogP contribution in [-0.2, 0) is 10.9 Å². The van der Waals surface area contributed by atoms with Gasteiger partial charge in [0.15, 0.2) is 0 Å². The van der Waals surface area contributed by atoms with Gasteiger partial charge in [0, 0.05) is 25.3 Å². The quantitative estimate of drug-likeness (QED) is 0.897. The summed E-state index contributed by atoms with van der Waals surface area (Å²) in [4.78, 5) is 3.83. The normalized spacial score (nSPS) is 25.1. The maximum absolute atomic E-state index is 12.5. The molecular weight excluding hydrogens is 307 g/mol. The minimum atomic E-state index is -4.36. The van der Waals surface area contributed by atoms with E-state index >= 15 is 0 Å². The summed E-state index contributed by atoms with van der Waals surface area (Å²) in [5.74, 6) is 0.431. The number of hydrogen-bond acceptors (Lipinski definition) is 4. The van der Waals surface area contributed by atoms with E-state index in [1.54, 1.807) is 0 Å². The summed E-state index contributed by atoms with van der Waals surface area (Å²) in [5, 5.41) is 6.40. The molecule has 0 amide bonds. The molecule has 3 rings (SSSR count). The lowest BCUT2D eigenvalue weighted by Crippen LogP contribution is -2.39. The van der Waals surface area contributed by atoms with Gasteiger partial charge in [-0.25, -0.2) is 4.98 Å². The number of halogens is 3. The number of morpholine rings is 1. The Morgan fingerprint density at radius 1 is 1.30 bits per heavy atom. The van der Waals surface area contributed by atoms with Crippen LogP contribution in [0.3, 0.4) is 0 Å². The topological polar surface area (TPSA) is 46.2 Å². The van der Waals surface area contributed by atoms with Crippen LogP contribution in [0, 0.1) is 0 Å². The zero-order valence-corrected chi connectivity index (χ0v) is 12.4. The first-order valence-corrected chi connectivity index (χ1v) is 7.53. The maximum Gasteiger partial charge on any atom is 0.417 e. The number of anilines is 1. The van der Waals surface area contributed by atoms with Crippen molar-refractivity contribution in [1.82, 2.24) is 10.3 Å². The largest absolute Gasteiger partial charge is 0.417 e. The van der Waals surface area contributed by atoms with E-state index in [1.165, 1.54) is 6.07 Å². The highest BCUT2D eigenvalue weighted by molar-refractivity contribution is 5.41. The molecule has 124 valence electrons. The second kappa shape index (κ2) is 6.72. The minimum absolute atomic E-state index is 0.0135. The highest BCUT2D eigenvalue weighted by Crippen LogP contribution is 2.29. The first kappa shape index (κ1) is 16.0. The molecule has 0 aromatic carbocycles. The standard InChI is InChI=1S/C16H18F3N3O/c17-16(18,19)12-3-6-15(21-9-12)22-13-4-1-11(2-5-13)14-10-20-7-8-23-14/h1-4,6,9,13-14,20H,5,7-8,10H2,(H,21,22)/t13?,14-/m1/s1. The molecule has 1 aliphatic carbocycles. The van der Waals surface area contributed by atoms with Gasteiger partial charge in [0.05, 0.1) is 18.3 Å². The van der Waals surface area contributed by atoms with E-state index in [2.05, 4.69) is 21.7 Å². The molecule has 1 aromatic heterocycles. The number of nitrogens with zero attached hydrogens (tertiary/aromatic N) is 1. The number of alkyl halides is 3. The molecule has 2 aliphatic rings. The molecule has 7 heteroatoms. The van der Waals surface area contributed by atoms with E-state index in [4.69, 9.17) is 4.74 Å². The fraction of sp³-hybridized carbons (Fsp3) is 0.438. The summed E-state index contributed by atoms with van der Waals surface area (Å²) in [6.45, 7) is 2.37. The van der Waals surface area contributed by atoms with Crippen LogP contribution >= 0.6 is 0 Å². The Labute approximate surface area is 132 Å². The molecule has 1 saturated heterocycles. The fourth-order valence-corrected chi connectivity index (χ4v) is 2.60. The molecule has 2 atom stereocenters. The average molecular weight is 325 g/mol. The van der Waals surface area contributed by atoms with Crippen molar-refractivity contribution in [1.29, 1.82) is 0 Å². The van der Waals surface area contributed by atoms with E-state index < -0.39 is 11.7 Å². The number of pyridine rings is 1. The SMILES string of the molecule is FC(F)(F)c1ccc(NC2C=CC([C@H]3CNCCO3)=CC2)nc1. The zero-order chi connectivity index (χ0) is 16.3. The van der Waals surface area contributed by atoms with Crippen LogP contribution in [0.1, 0.15) is 12.0 Å². The number of aromatic nitrogens is 1. The lowest BCUT2D eigenvalue weighted by Gasteiger charge is -2.27. The van der Waals surface area contributed by atoms with Crippen molar-refractivity contribution in [3.63, 3.8) is 0 Å². The van der Waals surface area contributed by atoms with Gasteiger partial charge in [0.2, 0.25) is 0 Å². The molecule has 0 bridgehead atoms. The predicted molar refractivity (Wildman–Crippen MR) is 81.1 cm³/mol. The van der Waals surface area contributed by atoms with Crippen molar-refractivity contribution in [3.05, 3.63) is 47.7 Å². The van der Waals surface area contributed by atoms with Gasteiger partial charge in [0.25, 0.3) is 0 Å². The van der Waals surface area contributed by atoms with E-state index in [1.807, 2.05) is 12.2 Å². The highest BCUT2D eigenvalue weighted by atomic mass is 19.4. The summed E-state index contributed by atoms with van der Waals surface area (Å²) in [5.41, 5.74) is 0.391. The number of ether oxygens (including phenoxy) is 1. The molecule has 23 heavy (non-hydrogen) atoms. The third-order valence-electron chi connectivity index (χ3n) is 3.85. The fourth-order valence-electron chi connectivity index (χ4n) is 2.60. The van der Waals surface area contributed by atoms with Gasteiger partial charge in [-0.05, 0) is 24.1 Å². The molecule has 1 aromatic rings. The van der Waals surface area contributed by atoms with E-state index in [-0.39, 0.29) is 12.1 Å². The van der Waals surface area contributed by atoms with Crippen molar-refractivity contribution in [2.45, 2.75) is 24.7 Å². The van der Waals surface area contributed by atoms with E-state index in [9.17, 15) is 13.2 Å². The van der Waals surface area contributed by atoms with E-state index in [0.717, 1.165) is 37.3 Å². The summed E-state index contributed by atoms with van der Waals surface area (Å²) < 4.78 is 43.2. The average Bonchev–Trinajstić information content (AvgIpc) is 2.56. The molecule has 0 radical (unpaired) electrons. The van der Waals surface area contributed by atoms with Crippen LogP contribution in [0.25, 0.3) is 0 Å². The Bertz CT molecular complexity index is 590. The Balaban J connectivity index is 1.56. The van der Waals surface area contributed by atoms with Crippen molar-refractivity contribution in [2.24, 2.45) is 0 Å². The summed E-state index contributed by atoms with van der Waals surface area (Å²) in [6, 6.07) is 2.40. The van der Waals surface area contributed by atoms with Gasteiger partial charge in [-0.3, -0.25) is 0 Å². The Hall–Kier alpha value is -1.86. The third-order valence-corrected chi connectivity index (χ3v) is 3.85. The van der Waals surface area contributed by atoms with Gasteiger partial charge in [0.1, 0.15) is 5.82 Å². The van der Waals surface area contributed by atoms with Gasteiger partial charge in [-0.15, -0.1) is 0 Å². The molecule has 0 spiro atoms. The lowest BCUT2D eigenvalue weighted by molar-refractivity contribution is -0.137. The predicted octanol–water partition coefficient (Wildman–Crippen LogP) is 2.76. The van der Waals surface area contributed by atoms with Crippen molar-refractivity contribution < 1.29 is 17.9 Å². The van der Waals surface area contributed by atoms with Crippen molar-refractivity contribution in [2.75, 3.05) is 25.0 Å². The van der Waals surface area contributed by atoms with E-state index in [0.29, 0.717) is 12.4 Å². The van der Waals surface area contributed by atoms with Crippen LogP contribution in [-0.4, -0.2) is 36.8 Å². The van der Waals surface area contributed by atoms with Gasteiger partial charge in [-0.2, -0.15) is 13.2 Å². The number of hydrogen-bond donors (Lipinski definition) is 2. The molecule has 2 heterocycles. The van der Waals surface area contributed by atoms with Crippen LogP contribution in [0.2, 0.25) is 0 Å². The molecule has 4 nitrogen and oxygen atoms in total. The van der Waals surface area contributed by atoms with Gasteiger partial charge < -0.3 is 15.4 Å². The Morgan fingerprint density at radius 3 is 2.74 bits per heavy atom. The number of nitrogens with one attached hydrogen (secondary N) is 2. The smallest absolute Gasteiger partial charge is 0.371 e. The van der Waals surface area contributed by atoms with Crippen LogP contribution in [0.4, 0.5) is 19.0 Å². The molecule has 0 saturated carbocycles. The Morgan fingerprint density at radius 2 is 2.17 bits per heavy atom. The first-order valence-electron chi connectivity index (χ1n) is 7.53. The minimum Gasteiger partial charge on any atom is -0.371 e. The van der Waals surface area contributed by atoms with Crippen LogP contribution < -0.4 is 10.6 Å². The van der Waals surface area contributed by atoms with Gasteiger partial charge >= 0.3 is 6.18 Å². The van der Waals surface area contributed by atoms with Crippen molar-refractivity contribution >= 4 is 5.82 Å². The van der Waals surface area contributed by atoms with Gasteiger partial charge in [-0.1, -0.05) is 18.2 Å². The molecule has 1 fully saturated rings. The summed E-state index contributed by atoms with van der Waals surface area (Å²) in [6.07, 6.45) is 3.40. The zero-order valence-electron chi connectivity index (χ0n) is 12.4. The molecule has 1 aliphatic heterocycles. The van der Waals surface area contributed by atoms with Crippen LogP contribution in [0.15, 0.2) is 42.1 Å². The van der Waals surface area contributed by atoms with Crippen molar-refractivity contribution in [3.8, 4) is 0 Å². The first-order chi connectivity index (χ1) is 11.0.